The van der Waals surface area contributed by atoms with Crippen LogP contribution in [-0.4, -0.2) is 17.8 Å². The molecule has 3 aromatic rings. The number of benzene rings is 3. The lowest BCUT2D eigenvalue weighted by Crippen LogP contribution is -1.99. The predicted molar refractivity (Wildman–Crippen MR) is 115 cm³/mol. The zero-order valence-corrected chi connectivity index (χ0v) is 17.0. The molecule has 0 saturated carbocycles. The summed E-state index contributed by atoms with van der Waals surface area (Å²) in [6.45, 7) is 2.18. The molecule has 7 nitrogen and oxygen atoms in total. The number of allylic oxidation sites excluding steroid dienone is 1. The van der Waals surface area contributed by atoms with Gasteiger partial charge in [-0.05, 0) is 60.5 Å². The number of carbonyl (C=O) groups excluding carboxylic acids is 1. The van der Waals surface area contributed by atoms with Gasteiger partial charge in [0.05, 0.1) is 17.6 Å². The van der Waals surface area contributed by atoms with Crippen molar-refractivity contribution in [3.63, 3.8) is 0 Å². The second-order valence-electron chi connectivity index (χ2n) is 6.99. The van der Waals surface area contributed by atoms with E-state index in [2.05, 4.69) is 0 Å². The molecule has 0 spiro atoms. The first kappa shape index (κ1) is 20.2. The molecule has 0 amide bonds. The molecule has 0 aliphatic carbocycles. The Balaban J connectivity index is 1.54. The molecule has 0 atom stereocenters. The minimum Gasteiger partial charge on any atom is -0.497 e. The Bertz CT molecular complexity index is 1200. The monoisotopic (exact) mass is 417 g/mol. The van der Waals surface area contributed by atoms with E-state index in [-0.39, 0.29) is 17.2 Å². The first-order valence-electron chi connectivity index (χ1n) is 9.54. The summed E-state index contributed by atoms with van der Waals surface area (Å²) >= 11 is 0. The van der Waals surface area contributed by atoms with Crippen molar-refractivity contribution in [2.75, 3.05) is 7.11 Å². The van der Waals surface area contributed by atoms with Crippen LogP contribution in [0.25, 0.3) is 6.08 Å². The zero-order chi connectivity index (χ0) is 22.0. The Morgan fingerprint density at radius 1 is 1.10 bits per heavy atom. The van der Waals surface area contributed by atoms with Gasteiger partial charge in [0.2, 0.25) is 5.78 Å². The number of non-ortho nitro benzene ring substituents is 1. The maximum absolute atomic E-state index is 12.7. The van der Waals surface area contributed by atoms with Gasteiger partial charge >= 0.3 is 0 Å². The van der Waals surface area contributed by atoms with Crippen LogP contribution in [0.15, 0.2) is 66.4 Å². The Hall–Kier alpha value is -4.13. The SMILES string of the molecule is COc1cccc(COc2ccc3c(c2C)O/C(=C\c2ccc([N+](=O)[O-])cc2)C3=O)c1. The van der Waals surface area contributed by atoms with Gasteiger partial charge in [0, 0.05) is 17.7 Å². The van der Waals surface area contributed by atoms with Crippen LogP contribution in [0.3, 0.4) is 0 Å². The molecular weight excluding hydrogens is 398 g/mol. The highest BCUT2D eigenvalue weighted by atomic mass is 16.6. The molecule has 0 N–H and O–H groups in total. The van der Waals surface area contributed by atoms with Crippen molar-refractivity contribution in [3.8, 4) is 17.2 Å². The molecule has 0 unspecified atom stereocenters. The molecule has 1 aliphatic heterocycles. The predicted octanol–water partition coefficient (Wildman–Crippen LogP) is 5.11. The average Bonchev–Trinajstić information content (AvgIpc) is 3.10. The maximum Gasteiger partial charge on any atom is 0.269 e. The summed E-state index contributed by atoms with van der Waals surface area (Å²) in [6, 6.07) is 16.9. The lowest BCUT2D eigenvalue weighted by molar-refractivity contribution is -0.384. The van der Waals surface area contributed by atoms with Gasteiger partial charge in [0.1, 0.15) is 23.9 Å². The van der Waals surface area contributed by atoms with Gasteiger partial charge in [-0.1, -0.05) is 12.1 Å². The second kappa shape index (κ2) is 8.31. The van der Waals surface area contributed by atoms with Crippen LogP contribution >= 0.6 is 0 Å². The van der Waals surface area contributed by atoms with Crippen molar-refractivity contribution in [1.29, 1.82) is 0 Å². The smallest absolute Gasteiger partial charge is 0.269 e. The van der Waals surface area contributed by atoms with Crippen molar-refractivity contribution in [2.24, 2.45) is 0 Å². The van der Waals surface area contributed by atoms with E-state index in [9.17, 15) is 14.9 Å². The summed E-state index contributed by atoms with van der Waals surface area (Å²) in [4.78, 5) is 23.1. The van der Waals surface area contributed by atoms with E-state index in [4.69, 9.17) is 14.2 Å². The van der Waals surface area contributed by atoms with Crippen molar-refractivity contribution in [1.82, 2.24) is 0 Å². The molecule has 0 aromatic heterocycles. The maximum atomic E-state index is 12.7. The Morgan fingerprint density at radius 3 is 2.58 bits per heavy atom. The minimum absolute atomic E-state index is 0.0160. The summed E-state index contributed by atoms with van der Waals surface area (Å²) < 4.78 is 17.0. The van der Waals surface area contributed by atoms with Crippen LogP contribution in [0.4, 0.5) is 5.69 Å². The molecule has 0 fully saturated rings. The highest BCUT2D eigenvalue weighted by molar-refractivity contribution is 6.14. The molecule has 31 heavy (non-hydrogen) atoms. The number of nitro benzene ring substituents is 1. The quantitative estimate of drug-likeness (QED) is 0.315. The lowest BCUT2D eigenvalue weighted by atomic mass is 10.1. The van der Waals surface area contributed by atoms with Crippen LogP contribution < -0.4 is 14.2 Å². The number of ketones is 1. The van der Waals surface area contributed by atoms with Crippen LogP contribution in [0, 0.1) is 17.0 Å². The second-order valence-corrected chi connectivity index (χ2v) is 6.99. The van der Waals surface area contributed by atoms with Gasteiger partial charge in [0.15, 0.2) is 5.76 Å². The number of fused-ring (bicyclic) bond motifs is 1. The van der Waals surface area contributed by atoms with E-state index >= 15 is 0 Å². The summed E-state index contributed by atoms with van der Waals surface area (Å²) in [5.74, 6) is 1.75. The van der Waals surface area contributed by atoms with Crippen LogP contribution in [-0.2, 0) is 6.61 Å². The van der Waals surface area contributed by atoms with E-state index in [0.717, 1.165) is 16.9 Å². The molecular formula is C24H19NO6. The standard InChI is InChI=1S/C24H19NO6/c1-15-21(30-14-17-4-3-5-19(12-17)29-2)11-10-20-23(26)22(31-24(15)20)13-16-6-8-18(9-7-16)25(27)28/h3-13H,14H2,1-2H3/b22-13-. The third kappa shape index (κ3) is 4.11. The molecule has 156 valence electrons. The highest BCUT2D eigenvalue weighted by Gasteiger charge is 2.30. The number of methoxy groups -OCH3 is 1. The topological polar surface area (TPSA) is 87.9 Å². The van der Waals surface area contributed by atoms with Gasteiger partial charge in [-0.25, -0.2) is 0 Å². The molecule has 0 saturated heterocycles. The van der Waals surface area contributed by atoms with Crippen molar-refractivity contribution >= 4 is 17.5 Å². The molecule has 3 aromatic carbocycles. The van der Waals surface area contributed by atoms with Crippen LogP contribution in [0.5, 0.6) is 17.2 Å². The fourth-order valence-corrected chi connectivity index (χ4v) is 3.29. The number of nitro groups is 1. The summed E-state index contributed by atoms with van der Waals surface area (Å²) in [7, 11) is 1.61. The third-order valence-corrected chi connectivity index (χ3v) is 4.97. The van der Waals surface area contributed by atoms with E-state index in [1.54, 1.807) is 37.5 Å². The van der Waals surface area contributed by atoms with Gasteiger partial charge in [-0.15, -0.1) is 0 Å². The molecule has 7 heteroatoms. The summed E-state index contributed by atoms with van der Waals surface area (Å²) in [6.07, 6.45) is 1.57. The van der Waals surface area contributed by atoms with E-state index in [1.165, 1.54) is 12.1 Å². The summed E-state index contributed by atoms with van der Waals surface area (Å²) in [5.41, 5.74) is 2.75. The van der Waals surface area contributed by atoms with Gasteiger partial charge in [0.25, 0.3) is 5.69 Å². The Labute approximate surface area is 178 Å². The molecule has 1 aliphatic rings. The third-order valence-electron chi connectivity index (χ3n) is 4.97. The fourth-order valence-electron chi connectivity index (χ4n) is 3.29. The first-order chi connectivity index (χ1) is 15.0. The largest absolute Gasteiger partial charge is 0.497 e. The number of carbonyl (C=O) groups is 1. The number of ether oxygens (including phenoxy) is 3. The first-order valence-corrected chi connectivity index (χ1v) is 9.54. The number of Topliss-reactive ketones (excluding diaryl/α,β-unsaturated/α-hetero) is 1. The molecule has 1 heterocycles. The fraction of sp³-hybridized carbons (Fsp3) is 0.125. The highest BCUT2D eigenvalue weighted by Crippen LogP contribution is 2.39. The van der Waals surface area contributed by atoms with Gasteiger partial charge in [-0.2, -0.15) is 0 Å². The number of rotatable bonds is 6. The number of hydrogen-bond donors (Lipinski definition) is 0. The van der Waals surface area contributed by atoms with Gasteiger partial charge < -0.3 is 14.2 Å². The Kier molecular flexibility index (Phi) is 5.41. The van der Waals surface area contributed by atoms with Gasteiger partial charge in [-0.3, -0.25) is 14.9 Å². The average molecular weight is 417 g/mol. The Morgan fingerprint density at radius 2 is 1.87 bits per heavy atom. The molecule has 4 rings (SSSR count). The number of hydrogen-bond acceptors (Lipinski definition) is 6. The molecule has 0 radical (unpaired) electrons. The van der Waals surface area contributed by atoms with Crippen LogP contribution in [0.2, 0.25) is 0 Å². The van der Waals surface area contributed by atoms with Crippen molar-refractivity contribution in [2.45, 2.75) is 13.5 Å². The van der Waals surface area contributed by atoms with E-state index < -0.39 is 4.92 Å². The minimum atomic E-state index is -0.472. The number of nitrogens with zero attached hydrogens (tertiary/aromatic N) is 1. The van der Waals surface area contributed by atoms with E-state index in [0.29, 0.717) is 29.2 Å². The van der Waals surface area contributed by atoms with E-state index in [1.807, 2.05) is 31.2 Å². The lowest BCUT2D eigenvalue weighted by Gasteiger charge is -2.12. The van der Waals surface area contributed by atoms with Crippen LogP contribution in [0.1, 0.15) is 27.0 Å². The van der Waals surface area contributed by atoms with Crippen molar-refractivity contribution < 1.29 is 23.9 Å². The zero-order valence-electron chi connectivity index (χ0n) is 17.0. The normalized spacial score (nSPS) is 13.6. The van der Waals surface area contributed by atoms with Crippen molar-refractivity contribution in [3.05, 3.63) is 98.8 Å². The summed E-state index contributed by atoms with van der Waals surface area (Å²) in [5, 5.41) is 10.8. The molecule has 0 bridgehead atoms.